The summed E-state index contributed by atoms with van der Waals surface area (Å²) in [5.41, 5.74) is 1.43. The number of ether oxygens (including phenoxy) is 2. The van der Waals surface area contributed by atoms with Crippen LogP contribution in [-0.2, 0) is 10.2 Å². The van der Waals surface area contributed by atoms with Crippen LogP contribution in [0.4, 0.5) is 0 Å². The minimum Gasteiger partial charge on any atom is -0.493 e. The number of carbonyl (C=O) groups is 1. The van der Waals surface area contributed by atoms with Crippen molar-refractivity contribution in [1.29, 1.82) is 0 Å². The van der Waals surface area contributed by atoms with E-state index in [1.807, 2.05) is 32.9 Å². The molecule has 0 saturated heterocycles. The molecule has 1 aromatic rings. The maximum Gasteiger partial charge on any atom is 0.304 e. The highest BCUT2D eigenvalue weighted by Crippen LogP contribution is 2.39. The van der Waals surface area contributed by atoms with Crippen molar-refractivity contribution >= 4 is 5.97 Å². The Morgan fingerprint density at radius 1 is 1.28 bits per heavy atom. The maximum absolute atomic E-state index is 10.9. The molecule has 0 aliphatic rings. The summed E-state index contributed by atoms with van der Waals surface area (Å²) in [5.74, 6) is 0.507. The summed E-state index contributed by atoms with van der Waals surface area (Å²) in [4.78, 5) is 10.9. The van der Waals surface area contributed by atoms with Crippen molar-refractivity contribution < 1.29 is 19.4 Å². The molecular weight excluding hydrogens is 232 g/mol. The molecule has 0 aromatic heterocycles. The third-order valence-corrected chi connectivity index (χ3v) is 3.12. The second-order valence-corrected chi connectivity index (χ2v) is 4.93. The third kappa shape index (κ3) is 2.75. The summed E-state index contributed by atoms with van der Waals surface area (Å²) in [6.45, 7) is 5.74. The Bertz CT molecular complexity index is 449. The molecule has 0 saturated carbocycles. The fourth-order valence-corrected chi connectivity index (χ4v) is 2.29. The zero-order chi connectivity index (χ0) is 13.9. The van der Waals surface area contributed by atoms with Gasteiger partial charge in [-0.25, -0.2) is 0 Å². The van der Waals surface area contributed by atoms with E-state index in [9.17, 15) is 4.79 Å². The third-order valence-electron chi connectivity index (χ3n) is 3.12. The van der Waals surface area contributed by atoms with Crippen LogP contribution in [0, 0.1) is 6.92 Å². The van der Waals surface area contributed by atoms with E-state index in [1.165, 1.54) is 0 Å². The molecule has 0 atom stereocenters. The van der Waals surface area contributed by atoms with E-state index < -0.39 is 11.4 Å². The van der Waals surface area contributed by atoms with Gasteiger partial charge in [-0.3, -0.25) is 4.79 Å². The lowest BCUT2D eigenvalue weighted by Gasteiger charge is -2.26. The van der Waals surface area contributed by atoms with E-state index in [4.69, 9.17) is 14.6 Å². The molecule has 0 heterocycles. The van der Waals surface area contributed by atoms with Gasteiger partial charge >= 0.3 is 5.97 Å². The normalized spacial score (nSPS) is 11.2. The van der Waals surface area contributed by atoms with E-state index in [0.29, 0.717) is 11.5 Å². The first-order chi connectivity index (χ1) is 8.33. The lowest BCUT2D eigenvalue weighted by atomic mass is 9.79. The van der Waals surface area contributed by atoms with E-state index in [0.717, 1.165) is 11.1 Å². The molecule has 0 unspecified atom stereocenters. The second kappa shape index (κ2) is 5.29. The summed E-state index contributed by atoms with van der Waals surface area (Å²) in [7, 11) is 3.16. The first-order valence-corrected chi connectivity index (χ1v) is 5.77. The second-order valence-electron chi connectivity index (χ2n) is 4.93. The molecule has 0 fully saturated rings. The van der Waals surface area contributed by atoms with Crippen molar-refractivity contribution in [2.24, 2.45) is 0 Å². The quantitative estimate of drug-likeness (QED) is 0.875. The van der Waals surface area contributed by atoms with Gasteiger partial charge < -0.3 is 14.6 Å². The maximum atomic E-state index is 10.9. The van der Waals surface area contributed by atoms with Crippen molar-refractivity contribution in [3.05, 3.63) is 23.3 Å². The van der Waals surface area contributed by atoms with Crippen molar-refractivity contribution in [3.63, 3.8) is 0 Å². The Morgan fingerprint density at radius 2 is 1.89 bits per heavy atom. The van der Waals surface area contributed by atoms with Gasteiger partial charge in [0.05, 0.1) is 20.6 Å². The van der Waals surface area contributed by atoms with Crippen LogP contribution in [0.5, 0.6) is 11.5 Å². The molecule has 0 aliphatic carbocycles. The molecule has 100 valence electrons. The summed E-state index contributed by atoms with van der Waals surface area (Å²) in [5, 5.41) is 8.97. The van der Waals surface area contributed by atoms with Crippen molar-refractivity contribution in [2.45, 2.75) is 32.6 Å². The number of hydrogen-bond donors (Lipinski definition) is 1. The summed E-state index contributed by atoms with van der Waals surface area (Å²) in [6.07, 6.45) is 0.0727. The fourth-order valence-electron chi connectivity index (χ4n) is 2.29. The van der Waals surface area contributed by atoms with Crippen LogP contribution in [0.15, 0.2) is 12.1 Å². The van der Waals surface area contributed by atoms with E-state index in [2.05, 4.69) is 0 Å². The van der Waals surface area contributed by atoms with E-state index in [1.54, 1.807) is 14.2 Å². The van der Waals surface area contributed by atoms with Crippen LogP contribution in [-0.4, -0.2) is 25.3 Å². The molecule has 1 rings (SSSR count). The Hall–Kier alpha value is -1.71. The SMILES string of the molecule is COc1ccc(C(C)(C)CC(=O)O)c(C)c1OC. The minimum absolute atomic E-state index is 0.0727. The smallest absolute Gasteiger partial charge is 0.304 e. The van der Waals surface area contributed by atoms with Crippen LogP contribution >= 0.6 is 0 Å². The molecule has 18 heavy (non-hydrogen) atoms. The summed E-state index contributed by atoms with van der Waals surface area (Å²) in [6, 6.07) is 3.71. The highest BCUT2D eigenvalue weighted by atomic mass is 16.5. The molecule has 4 nitrogen and oxygen atoms in total. The highest BCUT2D eigenvalue weighted by Gasteiger charge is 2.27. The average molecular weight is 252 g/mol. The van der Waals surface area contributed by atoms with Crippen LogP contribution in [0.25, 0.3) is 0 Å². The van der Waals surface area contributed by atoms with Gasteiger partial charge in [-0.15, -0.1) is 0 Å². The number of carboxylic acid groups (broad SMARTS) is 1. The van der Waals surface area contributed by atoms with E-state index >= 15 is 0 Å². The molecule has 4 heteroatoms. The Morgan fingerprint density at radius 3 is 2.33 bits per heavy atom. The van der Waals surface area contributed by atoms with Gasteiger partial charge in [0.25, 0.3) is 0 Å². The molecular formula is C14H20O4. The van der Waals surface area contributed by atoms with Gasteiger partial charge in [-0.2, -0.15) is 0 Å². The Labute approximate surface area is 108 Å². The fraction of sp³-hybridized carbons (Fsp3) is 0.500. The van der Waals surface area contributed by atoms with Gasteiger partial charge in [0, 0.05) is 5.41 Å². The lowest BCUT2D eigenvalue weighted by molar-refractivity contribution is -0.138. The first kappa shape index (κ1) is 14.4. The van der Waals surface area contributed by atoms with Crippen LogP contribution in [0.3, 0.4) is 0 Å². The lowest BCUT2D eigenvalue weighted by Crippen LogP contribution is -2.23. The summed E-state index contributed by atoms with van der Waals surface area (Å²) >= 11 is 0. The van der Waals surface area contributed by atoms with Gasteiger partial charge in [-0.05, 0) is 24.1 Å². The van der Waals surface area contributed by atoms with Gasteiger partial charge in [0.1, 0.15) is 0 Å². The number of methoxy groups -OCH3 is 2. The molecule has 0 bridgehead atoms. The number of aliphatic carboxylic acids is 1. The molecule has 0 radical (unpaired) electrons. The number of benzene rings is 1. The predicted molar refractivity (Wildman–Crippen MR) is 69.6 cm³/mol. The Kier molecular flexibility index (Phi) is 4.22. The molecule has 0 aliphatic heterocycles. The Balaban J connectivity index is 3.30. The van der Waals surface area contributed by atoms with Gasteiger partial charge in [0.2, 0.25) is 0 Å². The van der Waals surface area contributed by atoms with Crippen molar-refractivity contribution in [1.82, 2.24) is 0 Å². The molecule has 0 amide bonds. The highest BCUT2D eigenvalue weighted by molar-refractivity contribution is 5.69. The minimum atomic E-state index is -0.811. The topological polar surface area (TPSA) is 55.8 Å². The largest absolute Gasteiger partial charge is 0.493 e. The molecule has 0 spiro atoms. The predicted octanol–water partition coefficient (Wildman–Crippen LogP) is 2.76. The average Bonchev–Trinajstić information content (AvgIpc) is 2.26. The van der Waals surface area contributed by atoms with Gasteiger partial charge in [-0.1, -0.05) is 19.9 Å². The standard InChI is InChI=1S/C14H20O4/c1-9-10(14(2,3)8-12(15)16)6-7-11(17-4)13(9)18-5/h6-7H,8H2,1-5H3,(H,15,16). The van der Waals surface area contributed by atoms with Crippen LogP contribution in [0.1, 0.15) is 31.4 Å². The monoisotopic (exact) mass is 252 g/mol. The molecule has 1 aromatic carbocycles. The van der Waals surface area contributed by atoms with Crippen molar-refractivity contribution in [2.75, 3.05) is 14.2 Å². The molecule has 1 N–H and O–H groups in total. The van der Waals surface area contributed by atoms with Crippen LogP contribution < -0.4 is 9.47 Å². The van der Waals surface area contributed by atoms with Gasteiger partial charge in [0.15, 0.2) is 11.5 Å². The zero-order valence-electron chi connectivity index (χ0n) is 11.5. The summed E-state index contributed by atoms with van der Waals surface area (Å²) < 4.78 is 10.6. The van der Waals surface area contributed by atoms with E-state index in [-0.39, 0.29) is 6.42 Å². The number of hydrogen-bond acceptors (Lipinski definition) is 3. The number of rotatable bonds is 5. The first-order valence-electron chi connectivity index (χ1n) is 5.77. The van der Waals surface area contributed by atoms with Crippen molar-refractivity contribution in [3.8, 4) is 11.5 Å². The zero-order valence-corrected chi connectivity index (χ0v) is 11.5. The van der Waals surface area contributed by atoms with Crippen LogP contribution in [0.2, 0.25) is 0 Å². The number of carboxylic acids is 1.